The molecule has 0 aromatic heterocycles. The summed E-state index contributed by atoms with van der Waals surface area (Å²) in [5.74, 6) is 0.637. The Hall–Kier alpha value is -2.30. The third-order valence-corrected chi connectivity index (χ3v) is 3.84. The minimum absolute atomic E-state index is 0.00165. The zero-order chi connectivity index (χ0) is 16.2. The summed E-state index contributed by atoms with van der Waals surface area (Å²) in [5, 5.41) is 0. The first kappa shape index (κ1) is 16.1. The van der Waals surface area contributed by atoms with E-state index >= 15 is 0 Å². The molecule has 22 heavy (non-hydrogen) atoms. The molecule has 0 aliphatic heterocycles. The van der Waals surface area contributed by atoms with Crippen LogP contribution in [-0.2, 0) is 19.7 Å². The van der Waals surface area contributed by atoms with Gasteiger partial charge in [0.05, 0.1) is 20.8 Å². The number of ketones is 1. The molecule has 1 unspecified atom stereocenters. The predicted molar refractivity (Wildman–Crippen MR) is 81.2 cm³/mol. The molecule has 0 spiro atoms. The third-order valence-electron chi connectivity index (χ3n) is 3.84. The number of ether oxygens (including phenoxy) is 3. The fraction of sp³-hybridized carbons (Fsp3) is 0.412. The number of esters is 1. The van der Waals surface area contributed by atoms with Crippen LogP contribution in [0.1, 0.15) is 25.3 Å². The molecular weight excluding hydrogens is 284 g/mol. The minimum Gasteiger partial charge on any atom is -0.493 e. The van der Waals surface area contributed by atoms with Gasteiger partial charge >= 0.3 is 5.97 Å². The molecule has 0 fully saturated rings. The molecule has 0 heterocycles. The molecular formula is C17H20O5. The Labute approximate surface area is 129 Å². The second-order valence-electron chi connectivity index (χ2n) is 5.03. The van der Waals surface area contributed by atoms with Gasteiger partial charge in [-0.2, -0.15) is 0 Å². The van der Waals surface area contributed by atoms with E-state index in [1.165, 1.54) is 13.2 Å². The SMILES string of the molecule is CCOC(=O)C1(c2cccc(OC)c2OC)C=CC(=O)CC1. The fourth-order valence-electron chi connectivity index (χ4n) is 2.73. The standard InChI is InChI=1S/C17H20O5/c1-4-22-16(19)17(10-8-12(18)9-11-17)13-6-5-7-14(20-2)15(13)21-3/h5-8,10H,4,9,11H2,1-3H3. The smallest absolute Gasteiger partial charge is 0.320 e. The minimum atomic E-state index is -1.02. The largest absolute Gasteiger partial charge is 0.493 e. The molecule has 1 aliphatic rings. The number of benzene rings is 1. The first-order chi connectivity index (χ1) is 10.6. The highest BCUT2D eigenvalue weighted by atomic mass is 16.5. The van der Waals surface area contributed by atoms with Crippen molar-refractivity contribution < 1.29 is 23.8 Å². The summed E-state index contributed by atoms with van der Waals surface area (Å²) in [4.78, 5) is 24.2. The number of para-hydroxylation sites is 1. The van der Waals surface area contributed by atoms with Gasteiger partial charge in [-0.25, -0.2) is 0 Å². The van der Waals surface area contributed by atoms with E-state index in [4.69, 9.17) is 14.2 Å². The van der Waals surface area contributed by atoms with Gasteiger partial charge in [0.25, 0.3) is 0 Å². The lowest BCUT2D eigenvalue weighted by molar-refractivity contribution is -0.148. The lowest BCUT2D eigenvalue weighted by Gasteiger charge is -2.32. The summed E-state index contributed by atoms with van der Waals surface area (Å²) in [5.41, 5.74) is -0.374. The molecule has 0 saturated heterocycles. The highest BCUT2D eigenvalue weighted by Crippen LogP contribution is 2.44. The molecule has 5 nitrogen and oxygen atoms in total. The van der Waals surface area contributed by atoms with Crippen molar-refractivity contribution in [2.75, 3.05) is 20.8 Å². The van der Waals surface area contributed by atoms with Gasteiger partial charge in [-0.1, -0.05) is 18.2 Å². The third kappa shape index (κ3) is 2.71. The van der Waals surface area contributed by atoms with E-state index < -0.39 is 5.41 Å². The van der Waals surface area contributed by atoms with E-state index in [2.05, 4.69) is 0 Å². The van der Waals surface area contributed by atoms with Gasteiger partial charge < -0.3 is 14.2 Å². The topological polar surface area (TPSA) is 61.8 Å². The number of allylic oxidation sites excluding steroid dienone is 1. The molecule has 1 aliphatic carbocycles. The van der Waals surface area contributed by atoms with Gasteiger partial charge in [-0.15, -0.1) is 0 Å². The van der Waals surface area contributed by atoms with E-state index in [0.717, 1.165) is 0 Å². The van der Waals surface area contributed by atoms with Crippen molar-refractivity contribution in [2.24, 2.45) is 0 Å². The maximum Gasteiger partial charge on any atom is 0.320 e. The molecule has 0 saturated carbocycles. The molecule has 0 bridgehead atoms. The number of carbonyl (C=O) groups excluding carboxylic acids is 2. The molecule has 1 atom stereocenters. The summed E-state index contributed by atoms with van der Waals surface area (Å²) in [6.45, 7) is 2.03. The Morgan fingerprint density at radius 1 is 1.27 bits per heavy atom. The number of carbonyl (C=O) groups is 2. The van der Waals surface area contributed by atoms with Gasteiger partial charge in [-0.3, -0.25) is 9.59 Å². The molecule has 5 heteroatoms. The van der Waals surface area contributed by atoms with E-state index in [1.54, 1.807) is 38.3 Å². The first-order valence-electron chi connectivity index (χ1n) is 7.19. The van der Waals surface area contributed by atoms with Gasteiger partial charge in [-0.05, 0) is 25.5 Å². The second kappa shape index (κ2) is 6.64. The molecule has 0 amide bonds. The van der Waals surface area contributed by atoms with Gasteiger partial charge in [0.1, 0.15) is 5.41 Å². The van der Waals surface area contributed by atoms with Crippen LogP contribution in [-0.4, -0.2) is 32.6 Å². The number of hydrogen-bond donors (Lipinski definition) is 0. The fourth-order valence-corrected chi connectivity index (χ4v) is 2.73. The van der Waals surface area contributed by atoms with Crippen molar-refractivity contribution in [1.29, 1.82) is 0 Å². The van der Waals surface area contributed by atoms with E-state index in [0.29, 0.717) is 23.5 Å². The molecule has 2 rings (SSSR count). The predicted octanol–water partition coefficient (Wildman–Crippen LogP) is 2.42. The summed E-state index contributed by atoms with van der Waals surface area (Å²) in [6, 6.07) is 5.36. The molecule has 118 valence electrons. The number of rotatable bonds is 5. The Morgan fingerprint density at radius 3 is 2.59 bits per heavy atom. The van der Waals surface area contributed by atoms with E-state index in [1.807, 2.05) is 0 Å². The number of hydrogen-bond acceptors (Lipinski definition) is 5. The first-order valence-corrected chi connectivity index (χ1v) is 7.19. The van der Waals surface area contributed by atoms with Crippen LogP contribution in [0.4, 0.5) is 0 Å². The van der Waals surface area contributed by atoms with Crippen LogP contribution in [0.2, 0.25) is 0 Å². The van der Waals surface area contributed by atoms with Crippen LogP contribution in [0.15, 0.2) is 30.4 Å². The quantitative estimate of drug-likeness (QED) is 0.782. The monoisotopic (exact) mass is 304 g/mol. The molecule has 1 aromatic rings. The Kier molecular flexibility index (Phi) is 4.85. The maximum absolute atomic E-state index is 12.6. The van der Waals surface area contributed by atoms with Crippen molar-refractivity contribution in [2.45, 2.75) is 25.2 Å². The lowest BCUT2D eigenvalue weighted by atomic mass is 9.72. The zero-order valence-electron chi connectivity index (χ0n) is 13.0. The average molecular weight is 304 g/mol. The van der Waals surface area contributed by atoms with Gasteiger partial charge in [0.2, 0.25) is 0 Å². The normalized spacial score (nSPS) is 20.6. The van der Waals surface area contributed by atoms with E-state index in [-0.39, 0.29) is 24.8 Å². The lowest BCUT2D eigenvalue weighted by Crippen LogP contribution is -2.38. The number of methoxy groups -OCH3 is 2. The van der Waals surface area contributed by atoms with Crippen LogP contribution in [0.25, 0.3) is 0 Å². The molecule has 0 radical (unpaired) electrons. The van der Waals surface area contributed by atoms with Crippen LogP contribution in [0, 0.1) is 0 Å². The second-order valence-corrected chi connectivity index (χ2v) is 5.03. The Morgan fingerprint density at radius 2 is 2.05 bits per heavy atom. The van der Waals surface area contributed by atoms with Crippen LogP contribution >= 0.6 is 0 Å². The summed E-state index contributed by atoms with van der Waals surface area (Å²) >= 11 is 0. The van der Waals surface area contributed by atoms with Crippen molar-refractivity contribution in [3.05, 3.63) is 35.9 Å². The average Bonchev–Trinajstić information content (AvgIpc) is 2.55. The highest BCUT2D eigenvalue weighted by molar-refractivity contribution is 5.96. The maximum atomic E-state index is 12.6. The molecule has 0 N–H and O–H groups in total. The van der Waals surface area contributed by atoms with Crippen molar-refractivity contribution >= 4 is 11.8 Å². The van der Waals surface area contributed by atoms with Crippen molar-refractivity contribution in [3.8, 4) is 11.5 Å². The highest BCUT2D eigenvalue weighted by Gasteiger charge is 2.44. The summed E-state index contributed by atoms with van der Waals surface area (Å²) < 4.78 is 16.0. The van der Waals surface area contributed by atoms with Crippen LogP contribution in [0.5, 0.6) is 11.5 Å². The van der Waals surface area contributed by atoms with Crippen molar-refractivity contribution in [3.63, 3.8) is 0 Å². The van der Waals surface area contributed by atoms with Crippen LogP contribution < -0.4 is 9.47 Å². The van der Waals surface area contributed by atoms with Crippen LogP contribution in [0.3, 0.4) is 0 Å². The molecule has 1 aromatic carbocycles. The Balaban J connectivity index is 2.63. The van der Waals surface area contributed by atoms with Crippen molar-refractivity contribution in [1.82, 2.24) is 0 Å². The van der Waals surface area contributed by atoms with Gasteiger partial charge in [0.15, 0.2) is 17.3 Å². The zero-order valence-corrected chi connectivity index (χ0v) is 13.0. The van der Waals surface area contributed by atoms with E-state index in [9.17, 15) is 9.59 Å². The Bertz CT molecular complexity index is 605. The summed E-state index contributed by atoms with van der Waals surface area (Å²) in [7, 11) is 3.07. The van der Waals surface area contributed by atoms with Gasteiger partial charge in [0, 0.05) is 12.0 Å². The summed E-state index contributed by atoms with van der Waals surface area (Å²) in [6.07, 6.45) is 3.70.